The van der Waals surface area contributed by atoms with Crippen LogP contribution in [0.2, 0.25) is 0 Å². The van der Waals surface area contributed by atoms with Crippen molar-refractivity contribution in [3.63, 3.8) is 0 Å². The van der Waals surface area contributed by atoms with Crippen LogP contribution in [0.3, 0.4) is 0 Å². The van der Waals surface area contributed by atoms with Crippen molar-refractivity contribution >= 4 is 34.7 Å². The summed E-state index contributed by atoms with van der Waals surface area (Å²) in [5.74, 6) is 0.880. The molecule has 21 heavy (non-hydrogen) atoms. The molecule has 0 unspecified atom stereocenters. The summed E-state index contributed by atoms with van der Waals surface area (Å²) >= 11 is 1.60. The Morgan fingerprint density at radius 1 is 1.10 bits per heavy atom. The van der Waals surface area contributed by atoms with Gasteiger partial charge in [-0.1, -0.05) is 36.4 Å². The fourth-order valence-electron chi connectivity index (χ4n) is 2.02. The quantitative estimate of drug-likeness (QED) is 0.764. The Morgan fingerprint density at radius 3 is 2.62 bits per heavy atom. The van der Waals surface area contributed by atoms with Gasteiger partial charge in [-0.2, -0.15) is 0 Å². The highest BCUT2D eigenvalue weighted by molar-refractivity contribution is 7.13. The van der Waals surface area contributed by atoms with Gasteiger partial charge in [-0.05, 0) is 24.1 Å². The Morgan fingerprint density at radius 2 is 1.90 bits per heavy atom. The van der Waals surface area contributed by atoms with Crippen molar-refractivity contribution in [2.75, 3.05) is 5.32 Å². The highest BCUT2D eigenvalue weighted by Crippen LogP contribution is 2.23. The van der Waals surface area contributed by atoms with Gasteiger partial charge in [-0.3, -0.25) is 0 Å². The molecule has 0 aliphatic carbocycles. The zero-order valence-electron chi connectivity index (χ0n) is 11.6. The minimum atomic E-state index is 0. The molecule has 5 heteroatoms. The van der Waals surface area contributed by atoms with Crippen molar-refractivity contribution in [3.05, 3.63) is 70.9 Å². The number of aryl methyl sites for hydroxylation is 1. The molecule has 3 aromatic rings. The van der Waals surface area contributed by atoms with Gasteiger partial charge in [0.1, 0.15) is 5.82 Å². The Hall–Kier alpha value is -1.91. The molecule has 1 aromatic carbocycles. The number of aromatic nitrogens is 2. The molecule has 1 N–H and O–H groups in total. The first-order valence-electron chi connectivity index (χ1n) is 6.48. The van der Waals surface area contributed by atoms with Crippen LogP contribution in [0.25, 0.3) is 0 Å². The molecule has 0 aliphatic heterocycles. The van der Waals surface area contributed by atoms with E-state index in [1.165, 1.54) is 11.1 Å². The van der Waals surface area contributed by atoms with E-state index < -0.39 is 0 Å². The van der Waals surface area contributed by atoms with Crippen LogP contribution in [0.15, 0.2) is 54.0 Å². The standard InChI is InChI=1S/C16H15N3S.ClH/c1-12-11-20-16(18-12)19-15-14(8-5-9-17-15)10-13-6-3-2-4-7-13;/h2-9,11H,10H2,1H3,(H,17,18,19);1H. The predicted molar refractivity (Wildman–Crippen MR) is 90.9 cm³/mol. The maximum absolute atomic E-state index is 4.43. The van der Waals surface area contributed by atoms with Crippen molar-refractivity contribution < 1.29 is 0 Å². The largest absolute Gasteiger partial charge is 0.316 e. The molecule has 3 nitrogen and oxygen atoms in total. The summed E-state index contributed by atoms with van der Waals surface area (Å²) in [4.78, 5) is 8.86. The monoisotopic (exact) mass is 317 g/mol. The average molecular weight is 318 g/mol. The molecule has 2 aromatic heterocycles. The molecule has 3 rings (SSSR count). The number of hydrogen-bond donors (Lipinski definition) is 1. The molecule has 108 valence electrons. The molecule has 0 amide bonds. The summed E-state index contributed by atoms with van der Waals surface area (Å²) < 4.78 is 0. The van der Waals surface area contributed by atoms with Crippen LogP contribution in [0, 0.1) is 6.92 Å². The van der Waals surface area contributed by atoms with E-state index in [1.807, 2.05) is 24.4 Å². The highest BCUT2D eigenvalue weighted by Gasteiger charge is 2.06. The van der Waals surface area contributed by atoms with Gasteiger partial charge in [0, 0.05) is 18.0 Å². The molecule has 0 atom stereocenters. The zero-order chi connectivity index (χ0) is 13.8. The Labute approximate surface area is 134 Å². The second kappa shape index (κ2) is 7.20. The van der Waals surface area contributed by atoms with E-state index in [1.54, 1.807) is 17.5 Å². The first kappa shape index (κ1) is 15.5. The summed E-state index contributed by atoms with van der Waals surface area (Å²) in [6.45, 7) is 1.99. The first-order valence-corrected chi connectivity index (χ1v) is 7.36. The number of anilines is 2. The zero-order valence-corrected chi connectivity index (χ0v) is 13.2. The third-order valence-electron chi connectivity index (χ3n) is 2.97. The smallest absolute Gasteiger partial charge is 0.188 e. The van der Waals surface area contributed by atoms with E-state index in [-0.39, 0.29) is 12.4 Å². The maximum Gasteiger partial charge on any atom is 0.188 e. The minimum absolute atomic E-state index is 0. The fraction of sp³-hybridized carbons (Fsp3) is 0.125. The van der Waals surface area contributed by atoms with E-state index in [4.69, 9.17) is 0 Å². The number of rotatable bonds is 4. The van der Waals surface area contributed by atoms with Crippen LogP contribution >= 0.6 is 23.7 Å². The second-order valence-corrected chi connectivity index (χ2v) is 5.45. The molecule has 2 heterocycles. The summed E-state index contributed by atoms with van der Waals surface area (Å²) in [5, 5.41) is 6.22. The lowest BCUT2D eigenvalue weighted by Crippen LogP contribution is -1.99. The average Bonchev–Trinajstić information content (AvgIpc) is 2.88. The second-order valence-electron chi connectivity index (χ2n) is 4.59. The number of hydrogen-bond acceptors (Lipinski definition) is 4. The molecule has 0 saturated carbocycles. The predicted octanol–water partition coefficient (Wildman–Crippen LogP) is 4.60. The summed E-state index contributed by atoms with van der Waals surface area (Å²) in [6.07, 6.45) is 2.67. The van der Waals surface area contributed by atoms with Crippen LogP contribution in [-0.4, -0.2) is 9.97 Å². The van der Waals surface area contributed by atoms with Crippen LogP contribution in [0.4, 0.5) is 10.9 Å². The van der Waals surface area contributed by atoms with Crippen molar-refractivity contribution in [3.8, 4) is 0 Å². The Kier molecular flexibility index (Phi) is 5.31. The van der Waals surface area contributed by atoms with E-state index in [0.29, 0.717) is 0 Å². The van der Waals surface area contributed by atoms with Gasteiger partial charge in [-0.25, -0.2) is 9.97 Å². The van der Waals surface area contributed by atoms with Gasteiger partial charge in [0.05, 0.1) is 5.69 Å². The molecule has 0 radical (unpaired) electrons. The number of halogens is 1. The fourth-order valence-corrected chi connectivity index (χ4v) is 2.71. The lowest BCUT2D eigenvalue weighted by Gasteiger charge is -2.08. The van der Waals surface area contributed by atoms with Gasteiger partial charge in [0.25, 0.3) is 0 Å². The van der Waals surface area contributed by atoms with Crippen LogP contribution in [-0.2, 0) is 6.42 Å². The van der Waals surface area contributed by atoms with Gasteiger partial charge in [-0.15, -0.1) is 23.7 Å². The van der Waals surface area contributed by atoms with Crippen LogP contribution < -0.4 is 5.32 Å². The summed E-state index contributed by atoms with van der Waals surface area (Å²) in [7, 11) is 0. The van der Waals surface area contributed by atoms with E-state index in [2.05, 4.69) is 45.6 Å². The lowest BCUT2D eigenvalue weighted by molar-refractivity contribution is 1.14. The molecule has 0 saturated heterocycles. The third kappa shape index (κ3) is 4.03. The summed E-state index contributed by atoms with van der Waals surface area (Å²) in [5.41, 5.74) is 3.48. The molecule has 0 aliphatic rings. The van der Waals surface area contributed by atoms with Crippen LogP contribution in [0.5, 0.6) is 0 Å². The molecule has 0 spiro atoms. The number of benzene rings is 1. The number of nitrogens with one attached hydrogen (secondary N) is 1. The normalized spacial score (nSPS) is 9.95. The van der Waals surface area contributed by atoms with Gasteiger partial charge < -0.3 is 5.32 Å². The van der Waals surface area contributed by atoms with Crippen molar-refractivity contribution in [1.29, 1.82) is 0 Å². The Bertz CT molecular complexity index is 698. The van der Waals surface area contributed by atoms with Crippen LogP contribution in [0.1, 0.15) is 16.8 Å². The summed E-state index contributed by atoms with van der Waals surface area (Å²) in [6, 6.07) is 14.5. The van der Waals surface area contributed by atoms with Crippen molar-refractivity contribution in [1.82, 2.24) is 9.97 Å². The van der Waals surface area contributed by atoms with E-state index >= 15 is 0 Å². The van der Waals surface area contributed by atoms with E-state index in [9.17, 15) is 0 Å². The highest BCUT2D eigenvalue weighted by atomic mass is 35.5. The topological polar surface area (TPSA) is 37.8 Å². The molecular weight excluding hydrogens is 302 g/mol. The van der Waals surface area contributed by atoms with Gasteiger partial charge in [0.15, 0.2) is 5.13 Å². The lowest BCUT2D eigenvalue weighted by atomic mass is 10.1. The number of pyridine rings is 1. The first-order chi connectivity index (χ1) is 9.81. The third-order valence-corrected chi connectivity index (χ3v) is 3.85. The molecule has 0 bridgehead atoms. The number of thiazole rings is 1. The van der Waals surface area contributed by atoms with Gasteiger partial charge >= 0.3 is 0 Å². The van der Waals surface area contributed by atoms with Gasteiger partial charge in [0.2, 0.25) is 0 Å². The van der Waals surface area contributed by atoms with Crippen molar-refractivity contribution in [2.24, 2.45) is 0 Å². The Balaban J connectivity index is 0.00000161. The number of nitrogens with zero attached hydrogens (tertiary/aromatic N) is 2. The van der Waals surface area contributed by atoms with E-state index in [0.717, 1.165) is 23.1 Å². The SMILES string of the molecule is Cc1csc(Nc2ncccc2Cc2ccccc2)n1.Cl. The van der Waals surface area contributed by atoms with Crippen molar-refractivity contribution in [2.45, 2.75) is 13.3 Å². The minimum Gasteiger partial charge on any atom is -0.316 e. The maximum atomic E-state index is 4.43. The molecule has 0 fully saturated rings. The molecular formula is C16H16ClN3S.